The number of hydrogen-bond acceptors (Lipinski definition) is 3. The molecule has 1 aliphatic carbocycles. The molecule has 0 saturated heterocycles. The van der Waals surface area contributed by atoms with Gasteiger partial charge >= 0.3 is 0 Å². The second kappa shape index (κ2) is 6.98. The van der Waals surface area contributed by atoms with Gasteiger partial charge in [-0.05, 0) is 38.0 Å². The van der Waals surface area contributed by atoms with Gasteiger partial charge in [0.15, 0.2) is 17.1 Å². The summed E-state index contributed by atoms with van der Waals surface area (Å²) < 4.78 is 8.30. The first kappa shape index (κ1) is 19.4. The lowest BCUT2D eigenvalue weighted by atomic mass is 9.92. The van der Waals surface area contributed by atoms with Crippen LogP contribution in [0.1, 0.15) is 44.5 Å². The van der Waals surface area contributed by atoms with Crippen molar-refractivity contribution >= 4 is 42.1 Å². The summed E-state index contributed by atoms with van der Waals surface area (Å²) in [7, 11) is 1.92. The number of allylic oxidation sites excluding steroid dienone is 1. The van der Waals surface area contributed by atoms with Gasteiger partial charge in [0.2, 0.25) is 0 Å². The molecule has 152 valence electrons. The maximum atomic E-state index is 12.9. The first-order chi connectivity index (χ1) is 14.9. The summed E-state index contributed by atoms with van der Waals surface area (Å²) in [6.07, 6.45) is 1.71. The lowest BCUT2D eigenvalue weighted by molar-refractivity contribution is 0.0990. The molecule has 2 aromatic carbocycles. The fourth-order valence-electron chi connectivity index (χ4n) is 4.58. The van der Waals surface area contributed by atoms with Gasteiger partial charge in [0.05, 0.1) is 11.1 Å². The number of benzene rings is 2. The molecule has 2 heterocycles. The molecule has 0 N–H and O–H groups in total. The Bertz CT molecular complexity index is 1410. The van der Waals surface area contributed by atoms with Crippen molar-refractivity contribution in [2.24, 2.45) is 0 Å². The highest BCUT2D eigenvalue weighted by Crippen LogP contribution is 2.35. The molecule has 4 nitrogen and oxygen atoms in total. The van der Waals surface area contributed by atoms with Crippen molar-refractivity contribution in [3.63, 3.8) is 0 Å². The zero-order valence-corrected chi connectivity index (χ0v) is 18.1. The molecule has 0 unspecified atom stereocenters. The summed E-state index contributed by atoms with van der Waals surface area (Å²) >= 11 is 0. The minimum atomic E-state index is -0.211. The zero-order chi connectivity index (χ0) is 21.9. The quantitative estimate of drug-likeness (QED) is 0.290. The van der Waals surface area contributed by atoms with Crippen LogP contribution in [-0.2, 0) is 6.54 Å². The average Bonchev–Trinajstić information content (AvgIpc) is 3.34. The third-order valence-electron chi connectivity index (χ3n) is 6.11. The van der Waals surface area contributed by atoms with Gasteiger partial charge in [-0.2, -0.15) is 0 Å². The van der Waals surface area contributed by atoms with E-state index in [9.17, 15) is 9.59 Å². The van der Waals surface area contributed by atoms with Crippen LogP contribution in [0.25, 0.3) is 28.5 Å². The number of carbonyl (C=O) groups excluding carboxylic acids is 2. The molecule has 4 aromatic rings. The standard InChI is InChI=1S/C26H22BNO3/c1-4-28-17(11-20-25(29)18-9-8-16(27)10-19(18)26(20)30)12-22-21(28)13-23(31-22)24-14(2)6-5-7-15(24)3/h5-13H,4,27H2,1-3H3/b20-11-. The molecule has 0 spiro atoms. The van der Waals surface area contributed by atoms with Gasteiger partial charge in [-0.25, -0.2) is 0 Å². The normalized spacial score (nSPS) is 14.7. The lowest BCUT2D eigenvalue weighted by Gasteiger charge is -2.07. The number of Topliss-reactive ketones (excluding diaryl/α,β-unsaturated/α-hetero) is 2. The molecule has 5 heteroatoms. The second-order valence-corrected chi connectivity index (χ2v) is 8.21. The number of carbonyl (C=O) groups is 2. The van der Waals surface area contributed by atoms with Crippen molar-refractivity contribution in [2.45, 2.75) is 27.3 Å². The first-order valence-electron chi connectivity index (χ1n) is 10.5. The van der Waals surface area contributed by atoms with E-state index in [0.717, 1.165) is 44.7 Å². The molecule has 0 radical (unpaired) electrons. The van der Waals surface area contributed by atoms with Crippen molar-refractivity contribution in [3.8, 4) is 11.3 Å². The third kappa shape index (κ3) is 2.92. The molecule has 0 aliphatic heterocycles. The van der Waals surface area contributed by atoms with Crippen LogP contribution >= 0.6 is 0 Å². The van der Waals surface area contributed by atoms with Crippen molar-refractivity contribution in [1.82, 2.24) is 4.57 Å². The fraction of sp³-hybridized carbons (Fsp3) is 0.154. The van der Waals surface area contributed by atoms with Crippen LogP contribution in [0.5, 0.6) is 0 Å². The summed E-state index contributed by atoms with van der Waals surface area (Å²) in [6, 6.07) is 15.6. The van der Waals surface area contributed by atoms with Gasteiger partial charge in [-0.1, -0.05) is 41.9 Å². The van der Waals surface area contributed by atoms with Crippen LogP contribution in [0.2, 0.25) is 0 Å². The van der Waals surface area contributed by atoms with Crippen molar-refractivity contribution in [2.75, 3.05) is 0 Å². The summed E-state index contributed by atoms with van der Waals surface area (Å²) in [6.45, 7) is 6.90. The second-order valence-electron chi connectivity index (χ2n) is 8.21. The monoisotopic (exact) mass is 407 g/mol. The van der Waals surface area contributed by atoms with E-state index in [1.54, 1.807) is 18.2 Å². The maximum Gasteiger partial charge on any atom is 0.197 e. The zero-order valence-electron chi connectivity index (χ0n) is 18.1. The number of ketones is 2. The number of rotatable bonds is 3. The van der Waals surface area contributed by atoms with Crippen molar-refractivity contribution in [3.05, 3.63) is 82.1 Å². The van der Waals surface area contributed by atoms with E-state index >= 15 is 0 Å². The Labute approximate surface area is 181 Å². The molecular weight excluding hydrogens is 385 g/mol. The van der Waals surface area contributed by atoms with Crippen LogP contribution in [0.3, 0.4) is 0 Å². The van der Waals surface area contributed by atoms with Gasteiger partial charge < -0.3 is 8.98 Å². The molecule has 5 rings (SSSR count). The van der Waals surface area contributed by atoms with Gasteiger partial charge in [-0.3, -0.25) is 9.59 Å². The molecule has 2 aromatic heterocycles. The fourth-order valence-corrected chi connectivity index (χ4v) is 4.58. The van der Waals surface area contributed by atoms with Crippen LogP contribution in [0, 0.1) is 13.8 Å². The largest absolute Gasteiger partial charge is 0.454 e. The number of fused-ring (bicyclic) bond motifs is 2. The highest BCUT2D eigenvalue weighted by atomic mass is 16.3. The van der Waals surface area contributed by atoms with E-state index in [1.165, 1.54) is 0 Å². The van der Waals surface area contributed by atoms with Gasteiger partial charge in [0.1, 0.15) is 13.6 Å². The van der Waals surface area contributed by atoms with Crippen LogP contribution in [0.15, 0.2) is 58.5 Å². The summed E-state index contributed by atoms with van der Waals surface area (Å²) in [5.41, 5.74) is 8.09. The Hall–Kier alpha value is -3.60. The summed E-state index contributed by atoms with van der Waals surface area (Å²) in [4.78, 5) is 25.8. The Morgan fingerprint density at radius 3 is 2.39 bits per heavy atom. The van der Waals surface area contributed by atoms with Gasteiger partial charge in [0, 0.05) is 41.1 Å². The number of aryl methyl sites for hydroxylation is 3. The average molecular weight is 407 g/mol. The predicted octanol–water partition coefficient (Wildman–Crippen LogP) is 4.26. The Balaban J connectivity index is 1.62. The number of nitrogens with zero attached hydrogens (tertiary/aromatic N) is 1. The topological polar surface area (TPSA) is 52.2 Å². The third-order valence-corrected chi connectivity index (χ3v) is 6.11. The van der Waals surface area contributed by atoms with Crippen LogP contribution in [0.4, 0.5) is 0 Å². The Morgan fingerprint density at radius 1 is 0.968 bits per heavy atom. The number of aromatic nitrogens is 1. The highest BCUT2D eigenvalue weighted by Gasteiger charge is 2.33. The van der Waals surface area contributed by atoms with E-state index in [0.29, 0.717) is 17.7 Å². The Kier molecular flexibility index (Phi) is 4.36. The minimum absolute atomic E-state index is 0.208. The van der Waals surface area contributed by atoms with E-state index < -0.39 is 0 Å². The molecule has 0 amide bonds. The molecule has 0 atom stereocenters. The number of furan rings is 1. The highest BCUT2D eigenvalue weighted by molar-refractivity contribution is 6.42. The lowest BCUT2D eigenvalue weighted by Crippen LogP contribution is -2.05. The molecule has 0 fully saturated rings. The minimum Gasteiger partial charge on any atom is -0.454 e. The predicted molar refractivity (Wildman–Crippen MR) is 126 cm³/mol. The number of hydrogen-bond donors (Lipinski definition) is 0. The van der Waals surface area contributed by atoms with Gasteiger partial charge in [0.25, 0.3) is 0 Å². The maximum absolute atomic E-state index is 12.9. The molecule has 1 aliphatic rings. The van der Waals surface area contributed by atoms with E-state index in [2.05, 4.69) is 30.5 Å². The molecule has 0 bridgehead atoms. The van der Waals surface area contributed by atoms with Crippen molar-refractivity contribution < 1.29 is 14.0 Å². The van der Waals surface area contributed by atoms with Crippen LogP contribution in [-0.4, -0.2) is 24.0 Å². The Morgan fingerprint density at radius 2 is 1.68 bits per heavy atom. The molecule has 31 heavy (non-hydrogen) atoms. The SMILES string of the molecule is Bc1ccc2c(c1)C(=O)/C(=C\c1cc3oc(-c4c(C)cccc4C)cc3n1CC)C2=O. The van der Waals surface area contributed by atoms with Crippen molar-refractivity contribution in [1.29, 1.82) is 0 Å². The van der Waals surface area contributed by atoms with E-state index in [1.807, 2.05) is 39.0 Å². The smallest absolute Gasteiger partial charge is 0.197 e. The molecular formula is C26H22BNO3. The first-order valence-corrected chi connectivity index (χ1v) is 10.5. The molecule has 0 saturated carbocycles. The van der Waals surface area contributed by atoms with E-state index in [4.69, 9.17) is 4.42 Å². The van der Waals surface area contributed by atoms with Crippen LogP contribution < -0.4 is 5.46 Å². The van der Waals surface area contributed by atoms with Gasteiger partial charge in [-0.15, -0.1) is 0 Å². The van der Waals surface area contributed by atoms with E-state index in [-0.39, 0.29) is 17.1 Å². The summed E-state index contributed by atoms with van der Waals surface area (Å²) in [5.74, 6) is 0.412. The summed E-state index contributed by atoms with van der Waals surface area (Å²) in [5, 5.41) is 0.